The molecule has 132 valence electrons. The molecule has 1 aromatic heterocycles. The van der Waals surface area contributed by atoms with E-state index in [2.05, 4.69) is 27.4 Å². The fraction of sp³-hybridized carbons (Fsp3) is 0.474. The predicted octanol–water partition coefficient (Wildman–Crippen LogP) is 2.98. The first-order valence-electron chi connectivity index (χ1n) is 8.69. The number of anilines is 1. The quantitative estimate of drug-likeness (QED) is 0.922. The summed E-state index contributed by atoms with van der Waals surface area (Å²) in [6.45, 7) is 6.52. The van der Waals surface area contributed by atoms with E-state index in [0.29, 0.717) is 6.79 Å². The van der Waals surface area contributed by atoms with Crippen LogP contribution in [0, 0.1) is 13.8 Å². The zero-order chi connectivity index (χ0) is 17.3. The maximum atomic E-state index is 5.62. The molecule has 2 aliphatic rings. The van der Waals surface area contributed by atoms with Crippen LogP contribution in [-0.2, 0) is 10.2 Å². The van der Waals surface area contributed by atoms with Crippen LogP contribution in [0.1, 0.15) is 29.9 Å². The van der Waals surface area contributed by atoms with Crippen LogP contribution in [-0.4, -0.2) is 36.5 Å². The highest BCUT2D eigenvalue weighted by Crippen LogP contribution is 2.41. The molecule has 3 heterocycles. The van der Waals surface area contributed by atoms with E-state index in [0.717, 1.165) is 61.4 Å². The molecule has 0 spiro atoms. The fourth-order valence-corrected chi connectivity index (χ4v) is 3.62. The summed E-state index contributed by atoms with van der Waals surface area (Å²) >= 11 is 0. The van der Waals surface area contributed by atoms with Gasteiger partial charge in [-0.25, -0.2) is 9.97 Å². The number of rotatable bonds is 4. The number of benzene rings is 1. The molecule has 2 aromatic rings. The van der Waals surface area contributed by atoms with Crippen molar-refractivity contribution in [2.75, 3.05) is 31.9 Å². The first-order chi connectivity index (χ1) is 12.1. The van der Waals surface area contributed by atoms with E-state index >= 15 is 0 Å². The average Bonchev–Trinajstić information content (AvgIpc) is 3.08. The lowest BCUT2D eigenvalue weighted by molar-refractivity contribution is 0.0543. The second-order valence-electron chi connectivity index (χ2n) is 6.76. The minimum Gasteiger partial charge on any atom is -0.454 e. The Kier molecular flexibility index (Phi) is 4.21. The van der Waals surface area contributed by atoms with Crippen molar-refractivity contribution in [2.24, 2.45) is 0 Å². The number of fused-ring (bicyclic) bond motifs is 1. The summed E-state index contributed by atoms with van der Waals surface area (Å²) in [5.74, 6) is 3.31. The molecule has 1 aromatic carbocycles. The number of aromatic nitrogens is 2. The molecule has 0 unspecified atom stereocenters. The Morgan fingerprint density at radius 1 is 1.04 bits per heavy atom. The van der Waals surface area contributed by atoms with Crippen LogP contribution in [0.3, 0.4) is 0 Å². The summed E-state index contributed by atoms with van der Waals surface area (Å²) in [5.41, 5.74) is 2.22. The van der Waals surface area contributed by atoms with Gasteiger partial charge in [0.25, 0.3) is 0 Å². The van der Waals surface area contributed by atoms with Gasteiger partial charge in [-0.05, 0) is 44.4 Å². The molecule has 1 saturated heterocycles. The maximum absolute atomic E-state index is 5.62. The second-order valence-corrected chi connectivity index (χ2v) is 6.76. The fourth-order valence-electron chi connectivity index (χ4n) is 3.62. The molecular formula is C19H23N3O3. The van der Waals surface area contributed by atoms with Crippen molar-refractivity contribution in [3.05, 3.63) is 41.3 Å². The van der Waals surface area contributed by atoms with Crippen LogP contribution in [0.4, 0.5) is 5.82 Å². The minimum atomic E-state index is -0.00795. The Hall–Kier alpha value is -2.34. The lowest BCUT2D eigenvalue weighted by atomic mass is 9.74. The van der Waals surface area contributed by atoms with Crippen molar-refractivity contribution in [2.45, 2.75) is 32.1 Å². The van der Waals surface area contributed by atoms with Gasteiger partial charge in [0, 0.05) is 36.9 Å². The zero-order valence-corrected chi connectivity index (χ0v) is 14.7. The molecular weight excluding hydrogens is 318 g/mol. The number of nitrogens with one attached hydrogen (secondary N) is 1. The number of ether oxygens (including phenoxy) is 3. The molecule has 1 N–H and O–H groups in total. The van der Waals surface area contributed by atoms with Gasteiger partial charge >= 0.3 is 0 Å². The largest absolute Gasteiger partial charge is 0.454 e. The summed E-state index contributed by atoms with van der Waals surface area (Å²) in [7, 11) is 0. The maximum Gasteiger partial charge on any atom is 0.231 e. The van der Waals surface area contributed by atoms with E-state index in [-0.39, 0.29) is 5.41 Å². The van der Waals surface area contributed by atoms with Gasteiger partial charge in [-0.15, -0.1) is 0 Å². The van der Waals surface area contributed by atoms with Gasteiger partial charge in [-0.2, -0.15) is 0 Å². The van der Waals surface area contributed by atoms with Crippen molar-refractivity contribution in [3.8, 4) is 11.5 Å². The van der Waals surface area contributed by atoms with Crippen LogP contribution in [0.5, 0.6) is 11.5 Å². The van der Waals surface area contributed by atoms with Gasteiger partial charge in [0.15, 0.2) is 11.5 Å². The summed E-state index contributed by atoms with van der Waals surface area (Å²) in [6.07, 6.45) is 1.92. The lowest BCUT2D eigenvalue weighted by Crippen LogP contribution is -2.40. The third-order valence-corrected chi connectivity index (χ3v) is 5.01. The Morgan fingerprint density at radius 2 is 1.84 bits per heavy atom. The average molecular weight is 341 g/mol. The predicted molar refractivity (Wildman–Crippen MR) is 94.3 cm³/mol. The van der Waals surface area contributed by atoms with Gasteiger partial charge in [-0.3, -0.25) is 0 Å². The van der Waals surface area contributed by atoms with Gasteiger partial charge in [0.1, 0.15) is 11.6 Å². The Balaban J connectivity index is 1.61. The molecule has 0 bridgehead atoms. The molecule has 6 nitrogen and oxygen atoms in total. The van der Waals surface area contributed by atoms with Gasteiger partial charge in [-0.1, -0.05) is 6.07 Å². The van der Waals surface area contributed by atoms with E-state index in [1.165, 1.54) is 5.56 Å². The molecule has 0 saturated carbocycles. The molecule has 0 radical (unpaired) electrons. The Morgan fingerprint density at radius 3 is 2.64 bits per heavy atom. The second kappa shape index (κ2) is 6.52. The topological polar surface area (TPSA) is 65.5 Å². The van der Waals surface area contributed by atoms with E-state index in [4.69, 9.17) is 14.2 Å². The molecule has 0 atom stereocenters. The molecule has 2 aliphatic heterocycles. The van der Waals surface area contributed by atoms with Gasteiger partial charge < -0.3 is 19.5 Å². The summed E-state index contributed by atoms with van der Waals surface area (Å²) in [4.78, 5) is 8.85. The first kappa shape index (κ1) is 16.1. The van der Waals surface area contributed by atoms with Crippen LogP contribution in [0.25, 0.3) is 0 Å². The summed E-state index contributed by atoms with van der Waals surface area (Å²) in [5, 5.41) is 3.52. The smallest absolute Gasteiger partial charge is 0.231 e. The van der Waals surface area contributed by atoms with E-state index in [9.17, 15) is 0 Å². The lowest BCUT2D eigenvalue weighted by Gasteiger charge is -2.38. The van der Waals surface area contributed by atoms with Crippen molar-refractivity contribution in [1.82, 2.24) is 9.97 Å². The van der Waals surface area contributed by atoms with Crippen molar-refractivity contribution in [3.63, 3.8) is 0 Å². The van der Waals surface area contributed by atoms with Crippen LogP contribution in [0.15, 0.2) is 24.3 Å². The van der Waals surface area contributed by atoms with E-state index < -0.39 is 0 Å². The highest BCUT2D eigenvalue weighted by molar-refractivity contribution is 5.48. The Bertz CT molecular complexity index is 752. The highest BCUT2D eigenvalue weighted by atomic mass is 16.7. The standard InChI is InChI=1S/C19H23N3O3/c1-13-9-18(22-14(2)21-13)20-11-19(5-7-23-8-6-19)15-3-4-16-17(10-15)25-12-24-16/h3-4,9-10H,5-8,11-12H2,1-2H3,(H,20,21,22). The molecule has 4 rings (SSSR count). The zero-order valence-electron chi connectivity index (χ0n) is 14.7. The van der Waals surface area contributed by atoms with E-state index in [1.54, 1.807) is 0 Å². The first-order valence-corrected chi connectivity index (χ1v) is 8.69. The number of nitrogens with zero attached hydrogens (tertiary/aromatic N) is 2. The molecule has 6 heteroatoms. The third-order valence-electron chi connectivity index (χ3n) is 5.01. The minimum absolute atomic E-state index is 0.00795. The number of hydrogen-bond donors (Lipinski definition) is 1. The summed E-state index contributed by atoms with van der Waals surface area (Å²) < 4.78 is 16.6. The SMILES string of the molecule is Cc1cc(NCC2(c3ccc4c(c3)OCO4)CCOCC2)nc(C)n1. The van der Waals surface area contributed by atoms with Gasteiger partial charge in [0.05, 0.1) is 0 Å². The third kappa shape index (κ3) is 3.26. The van der Waals surface area contributed by atoms with Crippen LogP contribution >= 0.6 is 0 Å². The normalized spacial score (nSPS) is 18.2. The summed E-state index contributed by atoms with van der Waals surface area (Å²) in [6, 6.07) is 8.26. The van der Waals surface area contributed by atoms with Crippen molar-refractivity contribution in [1.29, 1.82) is 0 Å². The number of aryl methyl sites for hydroxylation is 2. The highest BCUT2D eigenvalue weighted by Gasteiger charge is 2.35. The van der Waals surface area contributed by atoms with Crippen molar-refractivity contribution >= 4 is 5.82 Å². The van der Waals surface area contributed by atoms with E-state index in [1.807, 2.05) is 26.0 Å². The molecule has 0 aliphatic carbocycles. The van der Waals surface area contributed by atoms with Crippen LogP contribution < -0.4 is 14.8 Å². The number of hydrogen-bond acceptors (Lipinski definition) is 6. The Labute approximate surface area is 147 Å². The van der Waals surface area contributed by atoms with Crippen LogP contribution in [0.2, 0.25) is 0 Å². The molecule has 1 fully saturated rings. The van der Waals surface area contributed by atoms with Crippen molar-refractivity contribution < 1.29 is 14.2 Å². The van der Waals surface area contributed by atoms with Gasteiger partial charge in [0.2, 0.25) is 6.79 Å². The molecule has 0 amide bonds. The monoisotopic (exact) mass is 341 g/mol. The molecule has 25 heavy (non-hydrogen) atoms.